The van der Waals surface area contributed by atoms with Crippen molar-refractivity contribution in [3.63, 3.8) is 0 Å². The summed E-state index contributed by atoms with van der Waals surface area (Å²) in [5.41, 5.74) is 0.639. The van der Waals surface area contributed by atoms with Gasteiger partial charge in [0.25, 0.3) is 5.91 Å². The minimum absolute atomic E-state index is 0.115. The van der Waals surface area contributed by atoms with E-state index in [-0.39, 0.29) is 28.4 Å². The molecule has 1 atom stereocenters. The minimum Gasteiger partial charge on any atom is -0.506 e. The Labute approximate surface area is 239 Å². The SMILES string of the molecule is COc1cc(Cl)cc2cc(C(=O)C3=C(O)C(=O)N(c4ccccc4O)C3c3cccc(Oc4ccccc4)c3)oc12. The number of aromatic hydroxyl groups is 1. The van der Waals surface area contributed by atoms with Gasteiger partial charge in [0.05, 0.1) is 24.4 Å². The topological polar surface area (TPSA) is 109 Å². The van der Waals surface area contributed by atoms with E-state index in [1.54, 1.807) is 60.7 Å². The number of methoxy groups -OCH3 is 1. The van der Waals surface area contributed by atoms with E-state index in [0.29, 0.717) is 33.2 Å². The van der Waals surface area contributed by atoms with Gasteiger partial charge in [-0.15, -0.1) is 0 Å². The molecule has 1 unspecified atom stereocenters. The number of anilines is 1. The molecule has 1 aromatic heterocycles. The molecule has 9 heteroatoms. The number of halogens is 1. The lowest BCUT2D eigenvalue weighted by Gasteiger charge is -2.27. The predicted molar refractivity (Wildman–Crippen MR) is 153 cm³/mol. The Morgan fingerprint density at radius 3 is 2.39 bits per heavy atom. The highest BCUT2D eigenvalue weighted by Gasteiger charge is 2.46. The zero-order valence-electron chi connectivity index (χ0n) is 21.6. The molecular weight excluding hydrogens is 546 g/mol. The van der Waals surface area contributed by atoms with Crippen LogP contribution < -0.4 is 14.4 Å². The molecule has 41 heavy (non-hydrogen) atoms. The number of phenols is 1. The lowest BCUT2D eigenvalue weighted by molar-refractivity contribution is -0.117. The van der Waals surface area contributed by atoms with E-state index in [1.165, 1.54) is 30.2 Å². The van der Waals surface area contributed by atoms with Gasteiger partial charge in [0.2, 0.25) is 5.78 Å². The molecule has 8 nitrogen and oxygen atoms in total. The number of amides is 1. The van der Waals surface area contributed by atoms with Crippen LogP contribution in [0.15, 0.2) is 113 Å². The molecule has 0 saturated heterocycles. The molecule has 6 rings (SSSR count). The van der Waals surface area contributed by atoms with Crippen molar-refractivity contribution in [3.8, 4) is 23.0 Å². The molecule has 1 amide bonds. The summed E-state index contributed by atoms with van der Waals surface area (Å²) in [6.07, 6.45) is 0. The first-order valence-corrected chi connectivity index (χ1v) is 12.9. The molecule has 5 aromatic rings. The Balaban J connectivity index is 1.49. The summed E-state index contributed by atoms with van der Waals surface area (Å²) in [5, 5.41) is 22.7. The highest BCUT2D eigenvalue weighted by atomic mass is 35.5. The molecule has 204 valence electrons. The fourth-order valence-electron chi connectivity index (χ4n) is 4.92. The quantitative estimate of drug-likeness (QED) is 0.197. The van der Waals surface area contributed by atoms with Crippen LogP contribution >= 0.6 is 11.6 Å². The lowest BCUT2D eigenvalue weighted by atomic mass is 9.94. The predicted octanol–water partition coefficient (Wildman–Crippen LogP) is 7.38. The summed E-state index contributed by atoms with van der Waals surface area (Å²) >= 11 is 6.20. The third-order valence-electron chi connectivity index (χ3n) is 6.74. The second-order valence-corrected chi connectivity index (χ2v) is 9.72. The lowest BCUT2D eigenvalue weighted by Crippen LogP contribution is -2.31. The largest absolute Gasteiger partial charge is 0.506 e. The van der Waals surface area contributed by atoms with Crippen LogP contribution in [0.5, 0.6) is 23.0 Å². The molecular formula is C32H22ClNO7. The summed E-state index contributed by atoms with van der Waals surface area (Å²) < 4.78 is 17.2. The number of carbonyl (C=O) groups is 2. The van der Waals surface area contributed by atoms with Crippen molar-refractivity contribution >= 4 is 39.9 Å². The molecule has 2 heterocycles. The molecule has 1 aliphatic heterocycles. The Kier molecular flexibility index (Phi) is 6.61. The average Bonchev–Trinajstić information content (AvgIpc) is 3.52. The van der Waals surface area contributed by atoms with E-state index in [2.05, 4.69) is 0 Å². The van der Waals surface area contributed by atoms with Gasteiger partial charge in [0, 0.05) is 16.5 Å². The first-order valence-electron chi connectivity index (χ1n) is 12.5. The number of nitrogens with zero attached hydrogens (tertiary/aromatic N) is 1. The Bertz CT molecular complexity index is 1840. The van der Waals surface area contributed by atoms with Gasteiger partial charge in [-0.3, -0.25) is 14.5 Å². The van der Waals surface area contributed by atoms with Crippen LogP contribution in [0.25, 0.3) is 11.0 Å². The van der Waals surface area contributed by atoms with Crippen molar-refractivity contribution in [3.05, 3.63) is 125 Å². The van der Waals surface area contributed by atoms with Crippen LogP contribution in [0.1, 0.15) is 22.2 Å². The van der Waals surface area contributed by atoms with Crippen LogP contribution in [0.2, 0.25) is 5.02 Å². The number of hydrogen-bond acceptors (Lipinski definition) is 7. The number of fused-ring (bicyclic) bond motifs is 1. The number of hydrogen-bond donors (Lipinski definition) is 2. The highest BCUT2D eigenvalue weighted by molar-refractivity contribution is 6.31. The summed E-state index contributed by atoms with van der Waals surface area (Å²) in [6, 6.07) is 25.7. The number of phenolic OH excluding ortho intramolecular Hbond substituents is 1. The van der Waals surface area contributed by atoms with Crippen LogP contribution in [0.4, 0.5) is 5.69 Å². The highest BCUT2D eigenvalue weighted by Crippen LogP contribution is 2.46. The number of ether oxygens (including phenoxy) is 2. The molecule has 4 aromatic carbocycles. The summed E-state index contributed by atoms with van der Waals surface area (Å²) in [4.78, 5) is 28.7. The van der Waals surface area contributed by atoms with Gasteiger partial charge in [0.15, 0.2) is 22.9 Å². The molecule has 2 N–H and O–H groups in total. The summed E-state index contributed by atoms with van der Waals surface area (Å²) in [6.45, 7) is 0. The van der Waals surface area contributed by atoms with Gasteiger partial charge in [0.1, 0.15) is 17.2 Å². The van der Waals surface area contributed by atoms with Crippen molar-refractivity contribution in [2.75, 3.05) is 12.0 Å². The van der Waals surface area contributed by atoms with E-state index in [9.17, 15) is 19.8 Å². The zero-order valence-corrected chi connectivity index (χ0v) is 22.3. The number of aliphatic hydroxyl groups excluding tert-OH is 1. The molecule has 0 saturated carbocycles. The fraction of sp³-hybridized carbons (Fsp3) is 0.0625. The third-order valence-corrected chi connectivity index (χ3v) is 6.96. The molecule has 1 aliphatic rings. The Morgan fingerprint density at radius 2 is 1.63 bits per heavy atom. The second-order valence-electron chi connectivity index (χ2n) is 9.28. The van der Waals surface area contributed by atoms with Crippen LogP contribution in [0, 0.1) is 0 Å². The van der Waals surface area contributed by atoms with Crippen molar-refractivity contribution in [2.45, 2.75) is 6.04 Å². The van der Waals surface area contributed by atoms with E-state index in [4.69, 9.17) is 25.5 Å². The maximum absolute atomic E-state index is 14.0. The van der Waals surface area contributed by atoms with E-state index < -0.39 is 23.5 Å². The number of carbonyl (C=O) groups excluding carboxylic acids is 2. The van der Waals surface area contributed by atoms with Crippen LogP contribution in [0.3, 0.4) is 0 Å². The van der Waals surface area contributed by atoms with Crippen LogP contribution in [-0.2, 0) is 4.79 Å². The monoisotopic (exact) mass is 567 g/mol. The van der Waals surface area contributed by atoms with E-state index in [1.807, 2.05) is 18.2 Å². The van der Waals surface area contributed by atoms with E-state index in [0.717, 1.165) is 0 Å². The normalized spacial score (nSPS) is 15.0. The number of aliphatic hydroxyl groups is 1. The number of rotatable bonds is 7. The Hall–Kier alpha value is -5.21. The van der Waals surface area contributed by atoms with Gasteiger partial charge in [-0.25, -0.2) is 0 Å². The van der Waals surface area contributed by atoms with Gasteiger partial charge in [-0.1, -0.05) is 54.1 Å². The standard InChI is InChI=1S/C32H22ClNO7/c1-39-26-17-20(33)14-19-16-25(41-31(19)26)29(36)27-28(34(32(38)30(27)37)23-12-5-6-13-24(23)35)18-8-7-11-22(15-18)40-21-9-3-2-4-10-21/h2-17,28,35,37H,1H3. The zero-order chi connectivity index (χ0) is 28.7. The van der Waals surface area contributed by atoms with Crippen molar-refractivity contribution in [1.29, 1.82) is 0 Å². The number of Topliss-reactive ketones (excluding diaryl/α,β-unsaturated/α-hetero) is 1. The molecule has 0 fully saturated rings. The summed E-state index contributed by atoms with van der Waals surface area (Å²) in [7, 11) is 1.45. The Morgan fingerprint density at radius 1 is 0.902 bits per heavy atom. The molecule has 0 spiro atoms. The third kappa shape index (κ3) is 4.64. The van der Waals surface area contributed by atoms with Gasteiger partial charge in [-0.05, 0) is 54.1 Å². The van der Waals surface area contributed by atoms with Crippen LogP contribution in [-0.4, -0.2) is 29.0 Å². The first kappa shape index (κ1) is 26.0. The maximum atomic E-state index is 14.0. The van der Waals surface area contributed by atoms with E-state index >= 15 is 0 Å². The summed E-state index contributed by atoms with van der Waals surface area (Å²) in [5.74, 6) is -1.31. The van der Waals surface area contributed by atoms with Gasteiger partial charge < -0.3 is 24.1 Å². The van der Waals surface area contributed by atoms with Crippen molar-refractivity contribution in [1.82, 2.24) is 0 Å². The number of benzene rings is 4. The maximum Gasteiger partial charge on any atom is 0.294 e. The molecule has 0 bridgehead atoms. The first-order chi connectivity index (χ1) is 19.9. The average molecular weight is 568 g/mol. The van der Waals surface area contributed by atoms with Gasteiger partial charge >= 0.3 is 0 Å². The molecule has 0 radical (unpaired) electrons. The van der Waals surface area contributed by atoms with Gasteiger partial charge in [-0.2, -0.15) is 0 Å². The minimum atomic E-state index is -1.12. The molecule has 0 aliphatic carbocycles. The second kappa shape index (κ2) is 10.4. The fourth-order valence-corrected chi connectivity index (χ4v) is 5.14. The number of ketones is 1. The smallest absolute Gasteiger partial charge is 0.294 e. The number of para-hydroxylation sites is 3. The number of furan rings is 1. The van der Waals surface area contributed by atoms with Crippen molar-refractivity contribution < 1.29 is 33.7 Å². The van der Waals surface area contributed by atoms with Crippen molar-refractivity contribution in [2.24, 2.45) is 0 Å².